The number of carboxylic acids is 1. The number of hydrogen-bond acceptors (Lipinski definition) is 6. The van der Waals surface area contributed by atoms with E-state index in [1.165, 1.54) is 0 Å². The molecule has 1 aliphatic rings. The first-order valence-electron chi connectivity index (χ1n) is 8.95. The number of rotatable bonds is 4. The minimum Gasteiger partial charge on any atom is -0.481 e. The van der Waals surface area contributed by atoms with Gasteiger partial charge in [-0.15, -0.1) is 11.3 Å². The van der Waals surface area contributed by atoms with Crippen LogP contribution in [0.25, 0.3) is 32.0 Å². The Kier molecular flexibility index (Phi) is 3.87. The highest BCUT2D eigenvalue weighted by atomic mass is 32.1. The number of imidazole rings is 1. The van der Waals surface area contributed by atoms with E-state index in [-0.39, 0.29) is 12.5 Å². The second kappa shape index (κ2) is 6.42. The van der Waals surface area contributed by atoms with Crippen LogP contribution in [0, 0.1) is 6.92 Å². The summed E-state index contributed by atoms with van der Waals surface area (Å²) >= 11 is 1.68. The van der Waals surface area contributed by atoms with Crippen LogP contribution in [0.1, 0.15) is 12.1 Å². The van der Waals surface area contributed by atoms with Gasteiger partial charge >= 0.3 is 5.97 Å². The maximum Gasteiger partial charge on any atom is 0.305 e. The number of aromatic nitrogens is 4. The van der Waals surface area contributed by atoms with Gasteiger partial charge in [0.25, 0.3) is 0 Å². The Balaban J connectivity index is 1.68. The van der Waals surface area contributed by atoms with Gasteiger partial charge in [0, 0.05) is 34.7 Å². The van der Waals surface area contributed by atoms with Gasteiger partial charge in [0.05, 0.1) is 28.7 Å². The lowest BCUT2D eigenvalue weighted by Crippen LogP contribution is -2.21. The van der Waals surface area contributed by atoms with E-state index >= 15 is 0 Å². The fourth-order valence-electron chi connectivity index (χ4n) is 3.62. The standard InChI is InChI=1S/C20H17N5O2S/c1-11-3-2-4-14(22-11)18-19(16-7-12-9-21-6-5-15(12)28-16)25-10-13(8-17(26)27)23-20(25)24-18/h2-7,9,13H,8,10H2,1H3,(H,23,24)(H,26,27). The first-order chi connectivity index (χ1) is 13.6. The van der Waals surface area contributed by atoms with E-state index in [0.717, 1.165) is 37.7 Å². The van der Waals surface area contributed by atoms with Gasteiger partial charge in [0.1, 0.15) is 5.69 Å². The molecule has 0 radical (unpaired) electrons. The second-order valence-corrected chi connectivity index (χ2v) is 7.95. The summed E-state index contributed by atoms with van der Waals surface area (Å²) in [5, 5.41) is 13.5. The van der Waals surface area contributed by atoms with Crippen LogP contribution in [0.15, 0.2) is 42.7 Å². The summed E-state index contributed by atoms with van der Waals surface area (Å²) in [5.41, 5.74) is 3.51. The number of carbonyl (C=O) groups is 1. The number of anilines is 1. The Hall–Kier alpha value is -3.26. The van der Waals surface area contributed by atoms with E-state index in [0.29, 0.717) is 12.5 Å². The number of nitrogens with zero attached hydrogens (tertiary/aromatic N) is 4. The summed E-state index contributed by atoms with van der Waals surface area (Å²) in [4.78, 5) is 25.9. The zero-order valence-corrected chi connectivity index (χ0v) is 15.9. The fourth-order valence-corrected chi connectivity index (χ4v) is 4.70. The zero-order chi connectivity index (χ0) is 19.3. The third kappa shape index (κ3) is 2.82. The van der Waals surface area contributed by atoms with E-state index < -0.39 is 5.97 Å². The van der Waals surface area contributed by atoms with Gasteiger partial charge in [-0.2, -0.15) is 0 Å². The highest BCUT2D eigenvalue weighted by Crippen LogP contribution is 2.41. The SMILES string of the molecule is Cc1cccc(-c2nc3n(c2-c2cc4cnccc4s2)CC(CC(=O)O)N3)n1. The van der Waals surface area contributed by atoms with Gasteiger partial charge in [0.15, 0.2) is 0 Å². The highest BCUT2D eigenvalue weighted by molar-refractivity contribution is 7.22. The molecule has 28 heavy (non-hydrogen) atoms. The van der Waals surface area contributed by atoms with Crippen molar-refractivity contribution in [3.05, 3.63) is 48.4 Å². The molecule has 8 heteroatoms. The molecule has 2 N–H and O–H groups in total. The van der Waals surface area contributed by atoms with Gasteiger partial charge in [0.2, 0.25) is 5.95 Å². The van der Waals surface area contributed by atoms with Crippen LogP contribution in [0.5, 0.6) is 0 Å². The van der Waals surface area contributed by atoms with Crippen LogP contribution in [-0.4, -0.2) is 36.6 Å². The Labute approximate surface area is 164 Å². The molecule has 0 aromatic carbocycles. The Morgan fingerprint density at radius 1 is 1.36 bits per heavy atom. The number of aliphatic carboxylic acids is 1. The lowest BCUT2D eigenvalue weighted by atomic mass is 10.1. The van der Waals surface area contributed by atoms with Crippen molar-refractivity contribution in [1.29, 1.82) is 0 Å². The van der Waals surface area contributed by atoms with Gasteiger partial charge in [-0.1, -0.05) is 6.07 Å². The van der Waals surface area contributed by atoms with E-state index in [4.69, 9.17) is 10.1 Å². The molecular formula is C20H17N5O2S. The Morgan fingerprint density at radius 3 is 3.04 bits per heavy atom. The third-order valence-electron chi connectivity index (χ3n) is 4.81. The van der Waals surface area contributed by atoms with Crippen LogP contribution in [-0.2, 0) is 11.3 Å². The van der Waals surface area contributed by atoms with Crippen LogP contribution in [0.4, 0.5) is 5.95 Å². The molecule has 0 bridgehead atoms. The third-order valence-corrected chi connectivity index (χ3v) is 5.93. The number of aryl methyl sites for hydroxylation is 1. The van der Waals surface area contributed by atoms with Crippen molar-refractivity contribution >= 4 is 33.3 Å². The van der Waals surface area contributed by atoms with E-state index in [9.17, 15) is 4.79 Å². The van der Waals surface area contributed by atoms with E-state index in [2.05, 4.69) is 25.9 Å². The van der Waals surface area contributed by atoms with Crippen molar-refractivity contribution in [3.63, 3.8) is 0 Å². The molecule has 0 amide bonds. The molecule has 0 spiro atoms. The molecule has 1 unspecified atom stereocenters. The number of hydrogen-bond donors (Lipinski definition) is 2. The number of pyridine rings is 2. The molecule has 0 saturated carbocycles. The Morgan fingerprint density at radius 2 is 2.25 bits per heavy atom. The predicted molar refractivity (Wildman–Crippen MR) is 108 cm³/mol. The highest BCUT2D eigenvalue weighted by Gasteiger charge is 2.30. The van der Waals surface area contributed by atoms with Gasteiger partial charge in [-0.25, -0.2) is 4.98 Å². The monoisotopic (exact) mass is 391 g/mol. The lowest BCUT2D eigenvalue weighted by molar-refractivity contribution is -0.137. The zero-order valence-electron chi connectivity index (χ0n) is 15.1. The van der Waals surface area contributed by atoms with E-state index in [1.54, 1.807) is 17.5 Å². The van der Waals surface area contributed by atoms with Crippen LogP contribution in [0.3, 0.4) is 0 Å². The average Bonchev–Trinajstić information content (AvgIpc) is 3.32. The number of thiophene rings is 1. The molecule has 7 nitrogen and oxygen atoms in total. The summed E-state index contributed by atoms with van der Waals surface area (Å²) in [5.74, 6) is -0.131. The molecule has 5 heterocycles. The molecule has 1 atom stereocenters. The van der Waals surface area contributed by atoms with E-state index in [1.807, 2.05) is 37.4 Å². The fraction of sp³-hybridized carbons (Fsp3) is 0.200. The minimum atomic E-state index is -0.821. The summed E-state index contributed by atoms with van der Waals surface area (Å²) < 4.78 is 3.22. The second-order valence-electron chi connectivity index (χ2n) is 6.87. The summed E-state index contributed by atoms with van der Waals surface area (Å²) in [6.07, 6.45) is 3.70. The lowest BCUT2D eigenvalue weighted by Gasteiger charge is -2.09. The molecular weight excluding hydrogens is 374 g/mol. The Bertz CT molecular complexity index is 1180. The minimum absolute atomic E-state index is 0.0527. The maximum absolute atomic E-state index is 11.1. The van der Waals surface area contributed by atoms with Crippen LogP contribution >= 0.6 is 11.3 Å². The topological polar surface area (TPSA) is 92.9 Å². The number of nitrogens with one attached hydrogen (secondary N) is 1. The largest absolute Gasteiger partial charge is 0.481 e. The molecule has 4 aromatic heterocycles. The van der Waals surface area contributed by atoms with Crippen molar-refractivity contribution < 1.29 is 9.90 Å². The summed E-state index contributed by atoms with van der Waals surface area (Å²) in [6.45, 7) is 2.52. The maximum atomic E-state index is 11.1. The molecule has 0 fully saturated rings. The molecule has 0 saturated heterocycles. The molecule has 140 valence electrons. The van der Waals surface area contributed by atoms with Gasteiger partial charge < -0.3 is 15.0 Å². The van der Waals surface area contributed by atoms with Crippen molar-refractivity contribution in [2.75, 3.05) is 5.32 Å². The van der Waals surface area contributed by atoms with Gasteiger partial charge in [-0.3, -0.25) is 14.8 Å². The quantitative estimate of drug-likeness (QED) is 0.550. The normalized spacial score (nSPS) is 15.5. The number of carboxylic acid groups (broad SMARTS) is 1. The summed E-state index contributed by atoms with van der Waals surface area (Å²) in [6, 6.07) is 9.83. The first kappa shape index (κ1) is 16.9. The van der Waals surface area contributed by atoms with Crippen molar-refractivity contribution in [2.45, 2.75) is 25.9 Å². The summed E-state index contributed by atoms with van der Waals surface area (Å²) in [7, 11) is 0. The smallest absolute Gasteiger partial charge is 0.305 e. The molecule has 5 rings (SSSR count). The number of fused-ring (bicyclic) bond motifs is 2. The predicted octanol–water partition coefficient (Wildman–Crippen LogP) is 3.80. The van der Waals surface area contributed by atoms with Crippen molar-refractivity contribution in [3.8, 4) is 22.0 Å². The molecule has 4 aromatic rings. The van der Waals surface area contributed by atoms with Gasteiger partial charge in [-0.05, 0) is 31.2 Å². The first-order valence-corrected chi connectivity index (χ1v) is 9.77. The van der Waals surface area contributed by atoms with Crippen molar-refractivity contribution in [1.82, 2.24) is 19.5 Å². The van der Waals surface area contributed by atoms with Crippen LogP contribution in [0.2, 0.25) is 0 Å². The van der Waals surface area contributed by atoms with Crippen molar-refractivity contribution in [2.24, 2.45) is 0 Å². The average molecular weight is 391 g/mol. The van der Waals surface area contributed by atoms with Crippen LogP contribution < -0.4 is 5.32 Å². The molecule has 0 aliphatic carbocycles. The molecule has 1 aliphatic heterocycles.